The van der Waals surface area contributed by atoms with E-state index in [0.29, 0.717) is 11.6 Å². The molecule has 0 aliphatic heterocycles. The number of rotatable bonds is 6. The average molecular weight is 430 g/mol. The van der Waals surface area contributed by atoms with Crippen LogP contribution in [0.25, 0.3) is 5.69 Å². The van der Waals surface area contributed by atoms with E-state index in [0.717, 1.165) is 35.5 Å². The van der Waals surface area contributed by atoms with Crippen LogP contribution in [0.3, 0.4) is 0 Å². The topological polar surface area (TPSA) is 52.9 Å². The minimum atomic E-state index is -4.43. The van der Waals surface area contributed by atoms with Crippen LogP contribution in [0.15, 0.2) is 24.5 Å². The summed E-state index contributed by atoms with van der Waals surface area (Å²) in [7, 11) is 0. The molecule has 0 fully saturated rings. The second-order valence-corrected chi connectivity index (χ2v) is 10.9. The van der Waals surface area contributed by atoms with Crippen molar-refractivity contribution in [3.05, 3.63) is 46.8 Å². The molecule has 1 heterocycles. The maximum absolute atomic E-state index is 12.9. The van der Waals surface area contributed by atoms with Gasteiger partial charge in [-0.2, -0.15) is 18.3 Å². The van der Waals surface area contributed by atoms with Gasteiger partial charge in [-0.05, 0) is 63.6 Å². The van der Waals surface area contributed by atoms with Gasteiger partial charge in [-0.15, -0.1) is 4.72 Å². The van der Waals surface area contributed by atoms with E-state index in [1.807, 2.05) is 46.8 Å². The van der Waals surface area contributed by atoms with Gasteiger partial charge in [-0.25, -0.2) is 4.68 Å². The van der Waals surface area contributed by atoms with Crippen molar-refractivity contribution in [3.8, 4) is 5.69 Å². The third kappa shape index (κ3) is 5.99. The molecule has 0 aliphatic carbocycles. The van der Waals surface area contributed by atoms with Gasteiger partial charge in [0.15, 0.2) is 0 Å². The molecule has 0 radical (unpaired) electrons. The molecule has 162 valence electrons. The van der Waals surface area contributed by atoms with Gasteiger partial charge >= 0.3 is 6.18 Å². The van der Waals surface area contributed by atoms with Crippen molar-refractivity contribution in [1.82, 2.24) is 14.5 Å². The molecular formula is C21H30F3N3OS. The van der Waals surface area contributed by atoms with Crippen LogP contribution in [0.2, 0.25) is 0 Å². The number of benzene rings is 1. The van der Waals surface area contributed by atoms with Gasteiger partial charge in [-0.3, -0.25) is 0 Å². The molecule has 1 aromatic heterocycles. The quantitative estimate of drug-likeness (QED) is 0.604. The van der Waals surface area contributed by atoms with Gasteiger partial charge in [0.1, 0.15) is 4.75 Å². The van der Waals surface area contributed by atoms with E-state index >= 15 is 0 Å². The van der Waals surface area contributed by atoms with Crippen LogP contribution >= 0.6 is 0 Å². The third-order valence-corrected chi connectivity index (χ3v) is 6.18. The smallest absolute Gasteiger partial charge is 0.419 e. The molecule has 0 bridgehead atoms. The number of alkyl halides is 3. The molecule has 1 aromatic carbocycles. The molecule has 0 saturated carbocycles. The lowest BCUT2D eigenvalue weighted by molar-refractivity contribution is -0.137. The number of aryl methyl sites for hydroxylation is 2. The van der Waals surface area contributed by atoms with E-state index in [4.69, 9.17) is 0 Å². The van der Waals surface area contributed by atoms with Crippen LogP contribution in [0.1, 0.15) is 69.3 Å². The summed E-state index contributed by atoms with van der Waals surface area (Å²) in [4.78, 5) is 0. The molecule has 4 nitrogen and oxygen atoms in total. The van der Waals surface area contributed by atoms with Crippen LogP contribution in [-0.2, 0) is 17.5 Å². The van der Waals surface area contributed by atoms with Crippen molar-refractivity contribution in [2.24, 2.45) is 5.92 Å². The Balaban J connectivity index is 2.42. The predicted octanol–water partition coefficient (Wildman–Crippen LogP) is 5.65. The first-order valence-electron chi connectivity index (χ1n) is 9.61. The summed E-state index contributed by atoms with van der Waals surface area (Å²) >= 11 is -1.24. The summed E-state index contributed by atoms with van der Waals surface area (Å²) in [5.41, 5.74) is 2.45. The average Bonchev–Trinajstić information content (AvgIpc) is 3.01. The van der Waals surface area contributed by atoms with Gasteiger partial charge in [0.2, 0.25) is 0 Å². The Morgan fingerprint density at radius 3 is 2.10 bits per heavy atom. The molecule has 2 atom stereocenters. The monoisotopic (exact) mass is 429 g/mol. The van der Waals surface area contributed by atoms with Gasteiger partial charge < -0.3 is 4.55 Å². The van der Waals surface area contributed by atoms with E-state index in [-0.39, 0.29) is 6.04 Å². The Morgan fingerprint density at radius 1 is 1.14 bits per heavy atom. The van der Waals surface area contributed by atoms with Crippen molar-refractivity contribution in [2.45, 2.75) is 71.9 Å². The lowest BCUT2D eigenvalue weighted by Gasteiger charge is -2.29. The Hall–Kier alpha value is -1.51. The fourth-order valence-corrected chi connectivity index (χ4v) is 4.02. The largest absolute Gasteiger partial charge is 0.598 e. The maximum atomic E-state index is 12.9. The predicted molar refractivity (Wildman–Crippen MR) is 111 cm³/mol. The molecular weight excluding hydrogens is 399 g/mol. The second-order valence-electron chi connectivity index (χ2n) is 8.86. The highest BCUT2D eigenvalue weighted by Gasteiger charge is 2.33. The molecule has 1 N–H and O–H groups in total. The van der Waals surface area contributed by atoms with Crippen LogP contribution in [0.5, 0.6) is 0 Å². The molecule has 0 spiro atoms. The van der Waals surface area contributed by atoms with Crippen molar-refractivity contribution in [2.75, 3.05) is 0 Å². The Kier molecular flexibility index (Phi) is 7.13. The third-order valence-electron chi connectivity index (χ3n) is 4.57. The van der Waals surface area contributed by atoms with Crippen molar-refractivity contribution < 1.29 is 17.7 Å². The lowest BCUT2D eigenvalue weighted by atomic mass is 9.94. The van der Waals surface area contributed by atoms with Crippen LogP contribution < -0.4 is 4.72 Å². The number of halogens is 3. The van der Waals surface area contributed by atoms with E-state index in [1.165, 1.54) is 4.68 Å². The van der Waals surface area contributed by atoms with Gasteiger partial charge in [0.25, 0.3) is 0 Å². The van der Waals surface area contributed by atoms with Gasteiger partial charge in [0.05, 0.1) is 23.5 Å². The Morgan fingerprint density at radius 2 is 1.69 bits per heavy atom. The molecule has 29 heavy (non-hydrogen) atoms. The molecule has 0 saturated heterocycles. The van der Waals surface area contributed by atoms with Crippen molar-refractivity contribution >= 4 is 11.4 Å². The number of hydrogen-bond donors (Lipinski definition) is 1. The zero-order chi connectivity index (χ0) is 22.1. The minimum absolute atomic E-state index is 0.120. The van der Waals surface area contributed by atoms with E-state index in [1.54, 1.807) is 0 Å². The van der Waals surface area contributed by atoms with E-state index in [9.17, 15) is 17.7 Å². The highest BCUT2D eigenvalue weighted by atomic mass is 32.2. The summed E-state index contributed by atoms with van der Waals surface area (Å²) in [6.07, 6.45) is -1.79. The van der Waals surface area contributed by atoms with Crippen LogP contribution in [-0.4, -0.2) is 19.1 Å². The highest BCUT2D eigenvalue weighted by Crippen LogP contribution is 2.32. The molecule has 2 rings (SSSR count). The number of aromatic nitrogens is 2. The van der Waals surface area contributed by atoms with Gasteiger partial charge in [0, 0.05) is 17.6 Å². The SMILES string of the molecule is Cc1cc(C(CC(C)C)N[S+]([O-])C(C)(C)C)cc(C)c1-n1cc(C(F)(F)F)cn1. The number of nitrogens with one attached hydrogen (secondary N) is 1. The summed E-state index contributed by atoms with van der Waals surface area (Å²) in [6.45, 7) is 13.7. The van der Waals surface area contributed by atoms with Crippen molar-refractivity contribution in [1.29, 1.82) is 0 Å². The Bertz CT molecular complexity index is 817. The van der Waals surface area contributed by atoms with Crippen molar-refractivity contribution in [3.63, 3.8) is 0 Å². The van der Waals surface area contributed by atoms with E-state index in [2.05, 4.69) is 23.7 Å². The minimum Gasteiger partial charge on any atom is -0.598 e. The summed E-state index contributed by atoms with van der Waals surface area (Å²) < 4.78 is 55.6. The maximum Gasteiger partial charge on any atom is 0.419 e. The van der Waals surface area contributed by atoms with Gasteiger partial charge in [-0.1, -0.05) is 26.0 Å². The standard InChI is InChI=1S/C21H30F3N3OS/c1-13(2)8-18(26-29(28)20(5,6)7)16-9-14(3)19(15(4)10-16)27-12-17(11-25-27)21(22,23)24/h9-13,18,26H,8H2,1-7H3. The highest BCUT2D eigenvalue weighted by molar-refractivity contribution is 7.90. The lowest BCUT2D eigenvalue weighted by Crippen LogP contribution is -2.41. The summed E-state index contributed by atoms with van der Waals surface area (Å²) in [5.74, 6) is 0.380. The summed E-state index contributed by atoms with van der Waals surface area (Å²) in [5, 5.41) is 3.91. The number of hydrogen-bond acceptors (Lipinski definition) is 3. The fourth-order valence-electron chi connectivity index (χ4n) is 3.17. The normalized spacial score (nSPS) is 15.0. The Labute approximate surface area is 174 Å². The first-order chi connectivity index (χ1) is 13.2. The zero-order valence-electron chi connectivity index (χ0n) is 18.0. The molecule has 8 heteroatoms. The first kappa shape index (κ1) is 23.8. The molecule has 0 aliphatic rings. The second kappa shape index (κ2) is 8.70. The molecule has 2 aromatic rings. The van der Waals surface area contributed by atoms with Crippen LogP contribution in [0, 0.1) is 19.8 Å². The molecule has 2 unspecified atom stereocenters. The van der Waals surface area contributed by atoms with Crippen LogP contribution in [0.4, 0.5) is 13.2 Å². The van der Waals surface area contributed by atoms with E-state index < -0.39 is 27.8 Å². The number of nitrogens with zero attached hydrogens (tertiary/aromatic N) is 2. The summed E-state index contributed by atoms with van der Waals surface area (Å²) in [6, 6.07) is 3.76. The zero-order valence-corrected chi connectivity index (χ0v) is 18.8. The molecule has 0 amide bonds. The first-order valence-corrected chi connectivity index (χ1v) is 10.8. The fraction of sp³-hybridized carbons (Fsp3) is 0.571.